The Kier molecular flexibility index (Phi) is 6.08. The molecule has 1 heterocycles. The van der Waals surface area contributed by atoms with E-state index >= 15 is 0 Å². The van der Waals surface area contributed by atoms with Crippen LogP contribution < -0.4 is 14.8 Å². The fourth-order valence-corrected chi connectivity index (χ4v) is 2.37. The average Bonchev–Trinajstić information content (AvgIpc) is 2.47. The molecule has 1 atom stereocenters. The number of rotatable bonds is 6. The van der Waals surface area contributed by atoms with E-state index in [2.05, 4.69) is 35.1 Å². The summed E-state index contributed by atoms with van der Waals surface area (Å²) in [4.78, 5) is 12.2. The molecular weight excluding hydrogens is 350 g/mol. The van der Waals surface area contributed by atoms with E-state index in [0.29, 0.717) is 42.9 Å². The summed E-state index contributed by atoms with van der Waals surface area (Å²) in [5, 5.41) is 2.85. The zero-order chi connectivity index (χ0) is 16.1. The summed E-state index contributed by atoms with van der Waals surface area (Å²) in [5.41, 5.74) is 0.647. The predicted molar refractivity (Wildman–Crippen MR) is 88.6 cm³/mol. The molecule has 5 nitrogen and oxygen atoms in total. The van der Waals surface area contributed by atoms with Crippen LogP contribution in [0.3, 0.4) is 0 Å². The molecule has 1 aromatic rings. The van der Waals surface area contributed by atoms with Crippen molar-refractivity contribution in [1.29, 1.82) is 0 Å². The molecule has 0 bridgehead atoms. The highest BCUT2D eigenvalue weighted by atomic mass is 79.9. The number of carbonyl (C=O) groups excluding carboxylic acids is 1. The summed E-state index contributed by atoms with van der Waals surface area (Å²) in [7, 11) is 0. The van der Waals surface area contributed by atoms with E-state index in [1.54, 1.807) is 19.1 Å². The second-order valence-corrected chi connectivity index (χ2v) is 6.51. The van der Waals surface area contributed by atoms with E-state index in [9.17, 15) is 4.79 Å². The first-order chi connectivity index (χ1) is 10.5. The van der Waals surface area contributed by atoms with Crippen molar-refractivity contribution in [3.8, 4) is 11.5 Å². The normalized spacial score (nSPS) is 14.8. The molecule has 0 saturated heterocycles. The van der Waals surface area contributed by atoms with Crippen molar-refractivity contribution in [1.82, 2.24) is 0 Å². The molecule has 0 aromatic heterocycles. The number of hydrogen-bond acceptors (Lipinski definition) is 4. The van der Waals surface area contributed by atoms with Crippen molar-refractivity contribution >= 4 is 27.5 Å². The summed E-state index contributed by atoms with van der Waals surface area (Å²) < 4.78 is 17.3. The molecule has 1 N–H and O–H groups in total. The number of amides is 1. The number of halogens is 1. The van der Waals surface area contributed by atoms with Gasteiger partial charge in [0, 0.05) is 23.2 Å². The van der Waals surface area contributed by atoms with Crippen LogP contribution in [0.1, 0.15) is 27.2 Å². The summed E-state index contributed by atoms with van der Waals surface area (Å²) >= 11 is 3.43. The SMILES string of the molecule is CC(C)CCOC(C)C(=O)Nc1cc2c(cc1Br)OCCO2. The van der Waals surface area contributed by atoms with Crippen molar-refractivity contribution in [2.24, 2.45) is 5.92 Å². The van der Waals surface area contributed by atoms with Gasteiger partial charge in [0.05, 0.1) is 5.69 Å². The fourth-order valence-electron chi connectivity index (χ4n) is 1.95. The standard InChI is InChI=1S/C16H22BrNO4/c1-10(2)4-5-20-11(3)16(19)18-13-9-15-14(8-12(13)17)21-6-7-22-15/h8-11H,4-7H2,1-3H3,(H,18,19). The zero-order valence-electron chi connectivity index (χ0n) is 13.1. The second kappa shape index (κ2) is 7.83. The molecule has 2 rings (SSSR count). The number of fused-ring (bicyclic) bond motifs is 1. The minimum absolute atomic E-state index is 0.180. The topological polar surface area (TPSA) is 56.8 Å². The Bertz CT molecular complexity index is 533. The number of benzene rings is 1. The Morgan fingerprint density at radius 2 is 1.91 bits per heavy atom. The van der Waals surface area contributed by atoms with Crippen LogP contribution in [0.2, 0.25) is 0 Å². The molecule has 1 unspecified atom stereocenters. The molecule has 1 aliphatic rings. The smallest absolute Gasteiger partial charge is 0.253 e. The van der Waals surface area contributed by atoms with Crippen LogP contribution in [-0.4, -0.2) is 31.8 Å². The molecular formula is C16H22BrNO4. The first-order valence-corrected chi connectivity index (χ1v) is 8.28. The van der Waals surface area contributed by atoms with Gasteiger partial charge in [-0.15, -0.1) is 0 Å². The maximum absolute atomic E-state index is 12.2. The van der Waals surface area contributed by atoms with Gasteiger partial charge in [-0.1, -0.05) is 13.8 Å². The highest BCUT2D eigenvalue weighted by Crippen LogP contribution is 2.38. The van der Waals surface area contributed by atoms with E-state index in [1.165, 1.54) is 0 Å². The summed E-state index contributed by atoms with van der Waals surface area (Å²) in [5.74, 6) is 1.69. The van der Waals surface area contributed by atoms with Gasteiger partial charge in [-0.05, 0) is 35.2 Å². The van der Waals surface area contributed by atoms with Gasteiger partial charge >= 0.3 is 0 Å². The Balaban J connectivity index is 1.96. The van der Waals surface area contributed by atoms with Gasteiger partial charge in [0.15, 0.2) is 11.5 Å². The molecule has 0 radical (unpaired) electrons. The zero-order valence-corrected chi connectivity index (χ0v) is 14.7. The third-order valence-electron chi connectivity index (χ3n) is 3.32. The van der Waals surface area contributed by atoms with Gasteiger partial charge in [-0.25, -0.2) is 0 Å². The van der Waals surface area contributed by atoms with E-state index in [-0.39, 0.29) is 5.91 Å². The molecule has 0 spiro atoms. The van der Waals surface area contributed by atoms with Crippen LogP contribution >= 0.6 is 15.9 Å². The van der Waals surface area contributed by atoms with Gasteiger partial charge < -0.3 is 19.5 Å². The average molecular weight is 372 g/mol. The quantitative estimate of drug-likeness (QED) is 0.829. The minimum atomic E-state index is -0.501. The van der Waals surface area contributed by atoms with Gasteiger partial charge in [0.2, 0.25) is 0 Å². The molecule has 0 saturated carbocycles. The molecule has 1 aromatic carbocycles. The summed E-state index contributed by atoms with van der Waals surface area (Å²) in [6.07, 6.45) is 0.435. The lowest BCUT2D eigenvalue weighted by Gasteiger charge is -2.21. The van der Waals surface area contributed by atoms with Crippen LogP contribution in [-0.2, 0) is 9.53 Å². The third-order valence-corrected chi connectivity index (χ3v) is 3.98. The molecule has 6 heteroatoms. The van der Waals surface area contributed by atoms with Crippen molar-refractivity contribution < 1.29 is 19.0 Å². The maximum Gasteiger partial charge on any atom is 0.253 e. The number of ether oxygens (including phenoxy) is 3. The van der Waals surface area contributed by atoms with E-state index in [4.69, 9.17) is 14.2 Å². The Hall–Kier alpha value is -1.27. The fraction of sp³-hybridized carbons (Fsp3) is 0.562. The summed E-state index contributed by atoms with van der Waals surface area (Å²) in [6, 6.07) is 3.56. The van der Waals surface area contributed by atoms with E-state index < -0.39 is 6.10 Å². The molecule has 1 amide bonds. The Morgan fingerprint density at radius 1 is 1.27 bits per heavy atom. The lowest BCUT2D eigenvalue weighted by molar-refractivity contribution is -0.126. The monoisotopic (exact) mass is 371 g/mol. The van der Waals surface area contributed by atoms with E-state index in [1.807, 2.05) is 0 Å². The first kappa shape index (κ1) is 17.1. The van der Waals surface area contributed by atoms with Gasteiger partial charge in [0.1, 0.15) is 19.3 Å². The van der Waals surface area contributed by atoms with Crippen LogP contribution in [0, 0.1) is 5.92 Å². The van der Waals surface area contributed by atoms with Crippen molar-refractivity contribution in [2.75, 3.05) is 25.1 Å². The largest absolute Gasteiger partial charge is 0.486 e. The third kappa shape index (κ3) is 4.61. The van der Waals surface area contributed by atoms with E-state index in [0.717, 1.165) is 10.9 Å². The molecule has 22 heavy (non-hydrogen) atoms. The molecule has 0 aliphatic carbocycles. The molecule has 1 aliphatic heterocycles. The lowest BCUT2D eigenvalue weighted by Crippen LogP contribution is -2.28. The molecule has 122 valence electrons. The highest BCUT2D eigenvalue weighted by Gasteiger charge is 2.19. The number of nitrogens with one attached hydrogen (secondary N) is 1. The van der Waals surface area contributed by atoms with Crippen LogP contribution in [0.15, 0.2) is 16.6 Å². The number of anilines is 1. The van der Waals surface area contributed by atoms with Crippen molar-refractivity contribution in [2.45, 2.75) is 33.3 Å². The Morgan fingerprint density at radius 3 is 2.55 bits per heavy atom. The van der Waals surface area contributed by atoms with Gasteiger partial charge in [-0.3, -0.25) is 4.79 Å². The molecule has 0 fully saturated rings. The van der Waals surface area contributed by atoms with Crippen LogP contribution in [0.5, 0.6) is 11.5 Å². The Labute approximate surface area is 139 Å². The van der Waals surface area contributed by atoms with Gasteiger partial charge in [-0.2, -0.15) is 0 Å². The van der Waals surface area contributed by atoms with Crippen molar-refractivity contribution in [3.63, 3.8) is 0 Å². The first-order valence-electron chi connectivity index (χ1n) is 7.49. The van der Waals surface area contributed by atoms with Crippen LogP contribution in [0.25, 0.3) is 0 Å². The number of hydrogen-bond donors (Lipinski definition) is 1. The number of carbonyl (C=O) groups is 1. The van der Waals surface area contributed by atoms with Crippen molar-refractivity contribution in [3.05, 3.63) is 16.6 Å². The minimum Gasteiger partial charge on any atom is -0.486 e. The van der Waals surface area contributed by atoms with Crippen LogP contribution in [0.4, 0.5) is 5.69 Å². The lowest BCUT2D eigenvalue weighted by atomic mass is 10.1. The van der Waals surface area contributed by atoms with Gasteiger partial charge in [0.25, 0.3) is 5.91 Å². The predicted octanol–water partition coefficient (Wildman–Crippen LogP) is 3.61. The second-order valence-electron chi connectivity index (χ2n) is 5.66. The maximum atomic E-state index is 12.2. The summed E-state index contributed by atoms with van der Waals surface area (Å²) in [6.45, 7) is 7.62. The highest BCUT2D eigenvalue weighted by molar-refractivity contribution is 9.10.